The monoisotopic (exact) mass is 341 g/mol. The highest BCUT2D eigenvalue weighted by molar-refractivity contribution is 9.10. The summed E-state index contributed by atoms with van der Waals surface area (Å²) in [4.78, 5) is 14.2. The van der Waals surface area contributed by atoms with Crippen LogP contribution in [0.2, 0.25) is 0 Å². The van der Waals surface area contributed by atoms with Crippen molar-refractivity contribution >= 4 is 21.8 Å². The van der Waals surface area contributed by atoms with Crippen molar-refractivity contribution in [1.82, 2.24) is 15.5 Å². The molecule has 1 aliphatic rings. The maximum Gasteiger partial charge on any atom is 0.238 e. The number of nitrogens with zero attached hydrogens (tertiary/aromatic N) is 1. The van der Waals surface area contributed by atoms with Crippen LogP contribution >= 0.6 is 15.9 Å². The fraction of sp³-hybridized carbons (Fsp3) is 0.500. The van der Waals surface area contributed by atoms with Gasteiger partial charge in [-0.3, -0.25) is 9.69 Å². The second-order valence-corrected chi connectivity index (χ2v) is 5.77. The summed E-state index contributed by atoms with van der Waals surface area (Å²) in [5, 5.41) is 16.0. The van der Waals surface area contributed by atoms with Gasteiger partial charge in [-0.15, -0.1) is 0 Å². The number of hydrogen-bond donors (Lipinski definition) is 3. The fourth-order valence-corrected chi connectivity index (χ4v) is 2.79. The van der Waals surface area contributed by atoms with E-state index in [1.807, 2.05) is 13.0 Å². The summed E-state index contributed by atoms with van der Waals surface area (Å²) in [6.07, 6.45) is 0. The Hall–Kier alpha value is -1.11. The predicted octanol–water partition coefficient (Wildman–Crippen LogP) is 1.06. The first-order valence-corrected chi connectivity index (χ1v) is 7.61. The first-order chi connectivity index (χ1) is 9.61. The highest BCUT2D eigenvalue weighted by Gasteiger charge is 2.28. The second kappa shape index (κ2) is 7.06. The van der Waals surface area contributed by atoms with Gasteiger partial charge in [-0.2, -0.15) is 0 Å². The van der Waals surface area contributed by atoms with Gasteiger partial charge in [-0.05, 0) is 25.1 Å². The van der Waals surface area contributed by atoms with Crippen LogP contribution < -0.4 is 10.6 Å². The normalized spacial score (nSPS) is 19.8. The number of halogens is 1. The third-order valence-corrected chi connectivity index (χ3v) is 3.92. The molecule has 0 bridgehead atoms. The summed E-state index contributed by atoms with van der Waals surface area (Å²) < 4.78 is 0.926. The average molecular weight is 342 g/mol. The molecule has 1 amide bonds. The number of amides is 1. The van der Waals surface area contributed by atoms with E-state index in [1.165, 1.54) is 0 Å². The minimum absolute atomic E-state index is 0.0363. The van der Waals surface area contributed by atoms with E-state index in [9.17, 15) is 9.90 Å². The van der Waals surface area contributed by atoms with Crippen molar-refractivity contribution in [3.8, 4) is 5.75 Å². The third kappa shape index (κ3) is 3.71. The molecule has 1 heterocycles. The van der Waals surface area contributed by atoms with E-state index in [-0.39, 0.29) is 17.7 Å². The molecule has 1 unspecified atom stereocenters. The van der Waals surface area contributed by atoms with Gasteiger partial charge in [-0.1, -0.05) is 15.9 Å². The molecule has 1 aromatic carbocycles. The Labute approximate surface area is 127 Å². The number of carbonyl (C=O) groups excluding carboxylic acids is 1. The zero-order chi connectivity index (χ0) is 14.5. The topological polar surface area (TPSA) is 64.6 Å². The number of piperazine rings is 1. The van der Waals surface area contributed by atoms with Crippen molar-refractivity contribution in [2.45, 2.75) is 19.5 Å². The molecule has 110 valence electrons. The summed E-state index contributed by atoms with van der Waals surface area (Å²) >= 11 is 3.41. The Balaban J connectivity index is 2.12. The van der Waals surface area contributed by atoms with Crippen molar-refractivity contribution in [2.24, 2.45) is 0 Å². The maximum atomic E-state index is 12.1. The number of rotatable bonds is 4. The van der Waals surface area contributed by atoms with Gasteiger partial charge in [0.05, 0.1) is 0 Å². The Bertz CT molecular complexity index is 481. The van der Waals surface area contributed by atoms with Crippen LogP contribution in [-0.4, -0.2) is 48.1 Å². The molecular weight excluding hydrogens is 322 g/mol. The van der Waals surface area contributed by atoms with Crippen LogP contribution in [0.15, 0.2) is 22.7 Å². The summed E-state index contributed by atoms with van der Waals surface area (Å²) in [6.45, 7) is 5.39. The lowest BCUT2D eigenvalue weighted by Gasteiger charge is -2.35. The van der Waals surface area contributed by atoms with Crippen molar-refractivity contribution in [2.75, 3.05) is 26.2 Å². The number of benzene rings is 1. The Morgan fingerprint density at radius 1 is 1.60 bits per heavy atom. The van der Waals surface area contributed by atoms with Crippen LogP contribution in [0.1, 0.15) is 12.5 Å². The molecule has 0 radical (unpaired) electrons. The molecule has 2 rings (SSSR count). The Kier molecular flexibility index (Phi) is 5.39. The van der Waals surface area contributed by atoms with Crippen molar-refractivity contribution < 1.29 is 9.90 Å². The van der Waals surface area contributed by atoms with Gasteiger partial charge < -0.3 is 15.7 Å². The number of likely N-dealkylation sites (N-methyl/N-ethyl adjacent to an activating group) is 1. The van der Waals surface area contributed by atoms with E-state index >= 15 is 0 Å². The molecule has 3 N–H and O–H groups in total. The lowest BCUT2D eigenvalue weighted by Crippen LogP contribution is -2.57. The fourth-order valence-electron chi connectivity index (χ4n) is 2.39. The number of aromatic hydroxyl groups is 1. The van der Waals surface area contributed by atoms with E-state index in [0.29, 0.717) is 19.6 Å². The zero-order valence-electron chi connectivity index (χ0n) is 11.5. The Morgan fingerprint density at radius 3 is 3.15 bits per heavy atom. The molecule has 6 heteroatoms. The van der Waals surface area contributed by atoms with Crippen molar-refractivity contribution in [1.29, 1.82) is 0 Å². The highest BCUT2D eigenvalue weighted by atomic mass is 79.9. The number of nitrogens with one attached hydrogen (secondary N) is 2. The van der Waals surface area contributed by atoms with E-state index in [0.717, 1.165) is 23.1 Å². The van der Waals surface area contributed by atoms with Crippen LogP contribution in [0.25, 0.3) is 0 Å². The molecule has 0 aliphatic carbocycles. The summed E-state index contributed by atoms with van der Waals surface area (Å²) in [5.74, 6) is 0.301. The van der Waals surface area contributed by atoms with Gasteiger partial charge in [-0.25, -0.2) is 0 Å². The van der Waals surface area contributed by atoms with E-state index < -0.39 is 0 Å². The molecule has 20 heavy (non-hydrogen) atoms. The van der Waals surface area contributed by atoms with E-state index in [2.05, 4.69) is 31.5 Å². The molecule has 0 aromatic heterocycles. The maximum absolute atomic E-state index is 12.1. The van der Waals surface area contributed by atoms with E-state index in [4.69, 9.17) is 0 Å². The van der Waals surface area contributed by atoms with Crippen LogP contribution in [0.5, 0.6) is 5.75 Å². The SMILES string of the molecule is CCNC(=O)C1CNCCN1Cc1cc(Br)ccc1O. The standard InChI is InChI=1S/C14H20BrN3O2/c1-2-17-14(20)12-8-16-5-6-18(12)9-10-7-11(15)3-4-13(10)19/h3-4,7,12,16,19H,2,5-6,8-9H2,1H3,(H,17,20). The molecular formula is C14H20BrN3O2. The van der Waals surface area contributed by atoms with Crippen LogP contribution in [0.4, 0.5) is 0 Å². The number of phenolic OH excluding ortho intramolecular Hbond substituents is 1. The quantitative estimate of drug-likeness (QED) is 0.766. The number of carbonyl (C=O) groups is 1. The lowest BCUT2D eigenvalue weighted by atomic mass is 10.1. The van der Waals surface area contributed by atoms with Gasteiger partial charge >= 0.3 is 0 Å². The van der Waals surface area contributed by atoms with Gasteiger partial charge in [0.25, 0.3) is 0 Å². The van der Waals surface area contributed by atoms with E-state index in [1.54, 1.807) is 12.1 Å². The molecule has 0 saturated carbocycles. The van der Waals surface area contributed by atoms with Crippen molar-refractivity contribution in [3.63, 3.8) is 0 Å². The molecule has 5 nitrogen and oxygen atoms in total. The summed E-state index contributed by atoms with van der Waals surface area (Å²) in [7, 11) is 0. The minimum atomic E-state index is -0.193. The smallest absolute Gasteiger partial charge is 0.238 e. The second-order valence-electron chi connectivity index (χ2n) is 4.86. The van der Waals surface area contributed by atoms with Gasteiger partial charge in [0.15, 0.2) is 0 Å². The highest BCUT2D eigenvalue weighted by Crippen LogP contribution is 2.24. The van der Waals surface area contributed by atoms with Crippen LogP contribution in [0, 0.1) is 0 Å². The number of phenols is 1. The van der Waals surface area contributed by atoms with Gasteiger partial charge in [0.2, 0.25) is 5.91 Å². The van der Waals surface area contributed by atoms with Crippen LogP contribution in [0.3, 0.4) is 0 Å². The van der Waals surface area contributed by atoms with Gasteiger partial charge in [0, 0.05) is 42.8 Å². The average Bonchev–Trinajstić information content (AvgIpc) is 2.44. The zero-order valence-corrected chi connectivity index (χ0v) is 13.1. The largest absolute Gasteiger partial charge is 0.508 e. The minimum Gasteiger partial charge on any atom is -0.508 e. The summed E-state index contributed by atoms with van der Waals surface area (Å²) in [5.41, 5.74) is 0.829. The summed E-state index contributed by atoms with van der Waals surface area (Å²) in [6, 6.07) is 5.18. The first kappa shape index (κ1) is 15.3. The molecule has 1 saturated heterocycles. The van der Waals surface area contributed by atoms with Gasteiger partial charge in [0.1, 0.15) is 11.8 Å². The first-order valence-electron chi connectivity index (χ1n) is 6.81. The lowest BCUT2D eigenvalue weighted by molar-refractivity contribution is -0.127. The predicted molar refractivity (Wildman–Crippen MR) is 81.6 cm³/mol. The molecule has 0 spiro atoms. The number of hydrogen-bond acceptors (Lipinski definition) is 4. The van der Waals surface area contributed by atoms with Crippen molar-refractivity contribution in [3.05, 3.63) is 28.2 Å². The molecule has 1 aromatic rings. The molecule has 1 atom stereocenters. The molecule has 1 aliphatic heterocycles. The Morgan fingerprint density at radius 2 is 2.40 bits per heavy atom. The van der Waals surface area contributed by atoms with Crippen LogP contribution in [-0.2, 0) is 11.3 Å². The third-order valence-electron chi connectivity index (χ3n) is 3.42. The molecule has 1 fully saturated rings.